The molecule has 0 aromatic heterocycles. The Hall–Kier alpha value is -2.22. The molecule has 0 bridgehead atoms. The van der Waals surface area contributed by atoms with Gasteiger partial charge in [-0.15, -0.1) is 6.42 Å². The quantitative estimate of drug-likeness (QED) is 0.482. The second kappa shape index (κ2) is 5.75. The first-order valence-electron chi connectivity index (χ1n) is 5.24. The van der Waals surface area contributed by atoms with E-state index in [9.17, 15) is 10.1 Å². The van der Waals surface area contributed by atoms with E-state index < -0.39 is 11.0 Å². The molecule has 1 unspecified atom stereocenters. The SMILES string of the molecule is C#CC(C)Oc1cccc(NCC)c1[N+](=O)[O-]. The summed E-state index contributed by atoms with van der Waals surface area (Å²) >= 11 is 0. The van der Waals surface area contributed by atoms with Crippen molar-refractivity contribution in [1.82, 2.24) is 0 Å². The minimum absolute atomic E-state index is 0.0866. The third-order valence-electron chi connectivity index (χ3n) is 2.09. The lowest BCUT2D eigenvalue weighted by atomic mass is 10.2. The van der Waals surface area contributed by atoms with Gasteiger partial charge in [0.25, 0.3) is 0 Å². The number of hydrogen-bond acceptors (Lipinski definition) is 4. The molecule has 0 heterocycles. The fraction of sp³-hybridized carbons (Fsp3) is 0.333. The third-order valence-corrected chi connectivity index (χ3v) is 2.09. The Morgan fingerprint density at radius 3 is 2.88 bits per heavy atom. The van der Waals surface area contributed by atoms with Gasteiger partial charge in [0.05, 0.1) is 4.92 Å². The van der Waals surface area contributed by atoms with Crippen molar-refractivity contribution < 1.29 is 9.66 Å². The van der Waals surface area contributed by atoms with Gasteiger partial charge in [-0.05, 0) is 26.0 Å². The summed E-state index contributed by atoms with van der Waals surface area (Å²) in [6.45, 7) is 4.11. The molecule has 5 heteroatoms. The zero-order chi connectivity index (χ0) is 12.8. The van der Waals surface area contributed by atoms with Crippen molar-refractivity contribution >= 4 is 11.4 Å². The van der Waals surface area contributed by atoms with Crippen LogP contribution < -0.4 is 10.1 Å². The highest BCUT2D eigenvalue weighted by Gasteiger charge is 2.21. The van der Waals surface area contributed by atoms with E-state index >= 15 is 0 Å². The van der Waals surface area contributed by atoms with Crippen molar-refractivity contribution in [2.24, 2.45) is 0 Å². The Labute approximate surface area is 99.9 Å². The second-order valence-corrected chi connectivity index (χ2v) is 3.37. The summed E-state index contributed by atoms with van der Waals surface area (Å²) in [4.78, 5) is 10.5. The Balaban J connectivity index is 3.16. The van der Waals surface area contributed by atoms with E-state index in [4.69, 9.17) is 11.2 Å². The maximum atomic E-state index is 11.0. The number of rotatable bonds is 5. The molecular formula is C12H14N2O3. The van der Waals surface area contributed by atoms with Crippen LogP contribution in [0.4, 0.5) is 11.4 Å². The van der Waals surface area contributed by atoms with Gasteiger partial charge in [0.1, 0.15) is 5.69 Å². The van der Waals surface area contributed by atoms with Crippen LogP contribution in [0.25, 0.3) is 0 Å². The second-order valence-electron chi connectivity index (χ2n) is 3.37. The van der Waals surface area contributed by atoms with Crippen molar-refractivity contribution in [3.63, 3.8) is 0 Å². The summed E-state index contributed by atoms with van der Waals surface area (Å²) in [5, 5.41) is 13.9. The average Bonchev–Trinajstić information content (AvgIpc) is 2.29. The third kappa shape index (κ3) is 3.11. The fourth-order valence-corrected chi connectivity index (χ4v) is 1.36. The number of terminal acetylenes is 1. The van der Waals surface area contributed by atoms with Gasteiger partial charge in [-0.3, -0.25) is 10.1 Å². The number of anilines is 1. The van der Waals surface area contributed by atoms with Gasteiger partial charge in [0, 0.05) is 6.54 Å². The first-order chi connectivity index (χ1) is 8.10. The van der Waals surface area contributed by atoms with Gasteiger partial charge in [0.2, 0.25) is 5.75 Å². The summed E-state index contributed by atoms with van der Waals surface area (Å²) in [7, 11) is 0. The standard InChI is InChI=1S/C12H14N2O3/c1-4-9(3)17-11-8-6-7-10(13-5-2)12(11)14(15)16/h1,6-9,13H,5H2,2-3H3. The molecule has 0 fully saturated rings. The summed E-state index contributed by atoms with van der Waals surface area (Å²) in [6, 6.07) is 4.85. The van der Waals surface area contributed by atoms with Crippen LogP contribution >= 0.6 is 0 Å². The number of para-hydroxylation sites is 1. The molecule has 1 rings (SSSR count). The lowest BCUT2D eigenvalue weighted by Crippen LogP contribution is -2.11. The van der Waals surface area contributed by atoms with E-state index in [-0.39, 0.29) is 11.4 Å². The Morgan fingerprint density at radius 1 is 1.65 bits per heavy atom. The number of nitro groups is 1. The Kier molecular flexibility index (Phi) is 4.35. The van der Waals surface area contributed by atoms with E-state index in [1.165, 1.54) is 6.07 Å². The average molecular weight is 234 g/mol. The predicted octanol–water partition coefficient (Wildman–Crippen LogP) is 2.43. The van der Waals surface area contributed by atoms with Crippen LogP contribution in [0.3, 0.4) is 0 Å². The molecule has 90 valence electrons. The van der Waals surface area contributed by atoms with Crippen LogP contribution in [0, 0.1) is 22.5 Å². The van der Waals surface area contributed by atoms with E-state index in [1.54, 1.807) is 19.1 Å². The molecule has 0 amide bonds. The van der Waals surface area contributed by atoms with Crippen molar-refractivity contribution in [2.75, 3.05) is 11.9 Å². The summed E-state index contributed by atoms with van der Waals surface area (Å²) in [5.74, 6) is 2.55. The van der Waals surface area contributed by atoms with Crippen LogP contribution in [0.15, 0.2) is 18.2 Å². The molecule has 0 spiro atoms. The molecule has 0 saturated heterocycles. The summed E-state index contributed by atoms with van der Waals surface area (Å²) in [5.41, 5.74) is 0.343. The zero-order valence-electron chi connectivity index (χ0n) is 9.77. The molecule has 1 atom stereocenters. The maximum Gasteiger partial charge on any atom is 0.333 e. The molecule has 0 saturated carbocycles. The molecule has 0 radical (unpaired) electrons. The monoisotopic (exact) mass is 234 g/mol. The van der Waals surface area contributed by atoms with Crippen LogP contribution in [0.1, 0.15) is 13.8 Å². The Morgan fingerprint density at radius 2 is 2.35 bits per heavy atom. The maximum absolute atomic E-state index is 11.0. The van der Waals surface area contributed by atoms with Gasteiger partial charge in [-0.25, -0.2) is 0 Å². The number of ether oxygens (including phenoxy) is 1. The molecule has 5 nitrogen and oxygen atoms in total. The normalized spacial score (nSPS) is 11.4. The molecule has 0 aliphatic heterocycles. The predicted molar refractivity (Wildman–Crippen MR) is 66.2 cm³/mol. The number of benzene rings is 1. The van der Waals surface area contributed by atoms with Gasteiger partial charge < -0.3 is 10.1 Å². The van der Waals surface area contributed by atoms with Crippen molar-refractivity contribution in [3.05, 3.63) is 28.3 Å². The smallest absolute Gasteiger partial charge is 0.333 e. The van der Waals surface area contributed by atoms with Crippen LogP contribution in [0.2, 0.25) is 0 Å². The molecular weight excluding hydrogens is 220 g/mol. The van der Waals surface area contributed by atoms with E-state index in [1.807, 2.05) is 6.92 Å². The molecule has 1 aromatic rings. The molecule has 1 aromatic carbocycles. The van der Waals surface area contributed by atoms with Crippen molar-refractivity contribution in [2.45, 2.75) is 20.0 Å². The largest absolute Gasteiger partial charge is 0.471 e. The minimum atomic E-state index is -0.509. The summed E-state index contributed by atoms with van der Waals surface area (Å²) < 4.78 is 5.33. The van der Waals surface area contributed by atoms with Gasteiger partial charge in [0.15, 0.2) is 6.10 Å². The lowest BCUT2D eigenvalue weighted by Gasteiger charge is -2.11. The molecule has 1 N–H and O–H groups in total. The molecule has 0 aliphatic rings. The highest BCUT2D eigenvalue weighted by atomic mass is 16.6. The number of nitrogens with zero attached hydrogens (tertiary/aromatic N) is 1. The topological polar surface area (TPSA) is 64.4 Å². The first kappa shape index (κ1) is 12.8. The highest BCUT2D eigenvalue weighted by molar-refractivity contribution is 5.68. The lowest BCUT2D eigenvalue weighted by molar-refractivity contribution is -0.385. The van der Waals surface area contributed by atoms with Crippen LogP contribution in [0.5, 0.6) is 5.75 Å². The van der Waals surface area contributed by atoms with Crippen LogP contribution in [-0.2, 0) is 0 Å². The van der Waals surface area contributed by atoms with Gasteiger partial charge in [-0.2, -0.15) is 0 Å². The first-order valence-corrected chi connectivity index (χ1v) is 5.24. The molecule has 17 heavy (non-hydrogen) atoms. The number of nitro benzene ring substituents is 1. The van der Waals surface area contributed by atoms with E-state index in [0.29, 0.717) is 12.2 Å². The van der Waals surface area contributed by atoms with Crippen molar-refractivity contribution in [3.8, 4) is 18.1 Å². The van der Waals surface area contributed by atoms with Gasteiger partial charge in [-0.1, -0.05) is 12.0 Å². The fourth-order valence-electron chi connectivity index (χ4n) is 1.36. The number of hydrogen-bond donors (Lipinski definition) is 1. The van der Waals surface area contributed by atoms with E-state index in [0.717, 1.165) is 0 Å². The van der Waals surface area contributed by atoms with Crippen molar-refractivity contribution in [1.29, 1.82) is 0 Å². The van der Waals surface area contributed by atoms with E-state index in [2.05, 4.69) is 11.2 Å². The summed E-state index contributed by atoms with van der Waals surface area (Å²) in [6.07, 6.45) is 4.67. The van der Waals surface area contributed by atoms with Crippen LogP contribution in [-0.4, -0.2) is 17.6 Å². The Bertz CT molecular complexity index is 452. The highest BCUT2D eigenvalue weighted by Crippen LogP contribution is 2.35. The minimum Gasteiger partial charge on any atom is -0.471 e. The molecule has 0 aliphatic carbocycles. The van der Waals surface area contributed by atoms with Gasteiger partial charge >= 0.3 is 5.69 Å². The zero-order valence-corrected chi connectivity index (χ0v) is 9.77. The number of nitrogens with one attached hydrogen (secondary N) is 1.